The van der Waals surface area contributed by atoms with E-state index in [-0.39, 0.29) is 24.7 Å². The van der Waals surface area contributed by atoms with E-state index in [2.05, 4.69) is 79.3 Å². The van der Waals surface area contributed by atoms with E-state index in [0.29, 0.717) is 17.7 Å². The highest BCUT2D eigenvalue weighted by Crippen LogP contribution is 2.34. The van der Waals surface area contributed by atoms with E-state index in [1.165, 1.54) is 0 Å². The van der Waals surface area contributed by atoms with Crippen molar-refractivity contribution in [2.75, 3.05) is 41.3 Å². The summed E-state index contributed by atoms with van der Waals surface area (Å²) in [5.74, 6) is 0.508. The lowest BCUT2D eigenvalue weighted by atomic mass is 10.0. The Morgan fingerprint density at radius 3 is 2.03 bits per heavy atom. The van der Waals surface area contributed by atoms with Gasteiger partial charge in [-0.3, -0.25) is 9.59 Å². The number of hydrogen-bond acceptors (Lipinski definition) is 5. The Bertz CT molecular complexity index is 985. The molecule has 0 fully saturated rings. The molecule has 0 saturated heterocycles. The zero-order valence-corrected chi connectivity index (χ0v) is 26.0. The number of nitrogens with one attached hydrogen (secondary N) is 2. The van der Waals surface area contributed by atoms with Crippen LogP contribution in [0, 0.1) is 0 Å². The van der Waals surface area contributed by atoms with Gasteiger partial charge < -0.3 is 20.3 Å². The minimum atomic E-state index is -0.434. The minimum Gasteiger partial charge on any atom is -0.494 e. The third-order valence-electron chi connectivity index (χ3n) is 5.25. The van der Waals surface area contributed by atoms with Gasteiger partial charge >= 0.3 is 0 Å². The molecule has 0 heterocycles. The van der Waals surface area contributed by atoms with E-state index in [0.717, 1.165) is 42.0 Å². The molecule has 2 rings (SSSR count). The fourth-order valence-corrected chi connectivity index (χ4v) is 6.75. The normalized spacial score (nSPS) is 12.0. The number of carbonyl (C=O) groups excluding carboxylic acids is 2. The molecule has 6 nitrogen and oxygen atoms in total. The number of halogens is 4. The van der Waals surface area contributed by atoms with Crippen molar-refractivity contribution in [1.82, 2.24) is 15.5 Å². The maximum atomic E-state index is 12.9. The van der Waals surface area contributed by atoms with E-state index in [9.17, 15) is 9.59 Å². The molecular formula is C24H29Br4N3O3. The van der Waals surface area contributed by atoms with Crippen molar-refractivity contribution in [3.05, 3.63) is 58.8 Å². The number of amides is 1. The van der Waals surface area contributed by atoms with Gasteiger partial charge in [-0.1, -0.05) is 0 Å². The average Bonchev–Trinajstić information content (AvgIpc) is 2.75. The van der Waals surface area contributed by atoms with Crippen LogP contribution in [0.3, 0.4) is 0 Å². The molecule has 0 unspecified atom stereocenters. The number of ether oxygens (including phenoxy) is 1. The number of rotatable bonds is 12. The van der Waals surface area contributed by atoms with E-state index in [1.54, 1.807) is 14.2 Å². The van der Waals surface area contributed by atoms with Crippen LogP contribution < -0.4 is 15.4 Å². The number of ketones is 1. The van der Waals surface area contributed by atoms with E-state index >= 15 is 0 Å². The first-order valence-electron chi connectivity index (χ1n) is 10.7. The summed E-state index contributed by atoms with van der Waals surface area (Å²) in [6.45, 7) is 1.18. The van der Waals surface area contributed by atoms with Gasteiger partial charge in [0, 0.05) is 34.0 Å². The summed E-state index contributed by atoms with van der Waals surface area (Å²) < 4.78 is 8.48. The lowest BCUT2D eigenvalue weighted by molar-refractivity contribution is -0.122. The van der Waals surface area contributed by atoms with Crippen LogP contribution in [-0.4, -0.2) is 64.0 Å². The Labute approximate surface area is 235 Å². The van der Waals surface area contributed by atoms with Crippen molar-refractivity contribution in [2.45, 2.75) is 25.3 Å². The highest BCUT2D eigenvalue weighted by atomic mass is 79.9. The molecule has 2 aromatic rings. The first kappa shape index (κ1) is 29.5. The number of nitrogens with zero attached hydrogens (tertiary/aromatic N) is 1. The first-order chi connectivity index (χ1) is 16.1. The molecule has 1 amide bonds. The predicted molar refractivity (Wildman–Crippen MR) is 151 cm³/mol. The zero-order valence-electron chi connectivity index (χ0n) is 19.6. The molecule has 0 aliphatic carbocycles. The second kappa shape index (κ2) is 14.1. The van der Waals surface area contributed by atoms with Crippen molar-refractivity contribution in [3.8, 4) is 5.75 Å². The van der Waals surface area contributed by atoms with Crippen LogP contribution in [0.2, 0.25) is 0 Å². The summed E-state index contributed by atoms with van der Waals surface area (Å²) in [7, 11) is 7.41. The number of likely N-dealkylation sites (N-methyl/N-ethyl adjacent to an activating group) is 2. The SMILES string of the molecule is CN[C@@H](Cc1cc(Br)c(OC)c(Br)c1)C(=O)NCCC(=O)c1c(Br)cc(CCN(C)C)cc1Br. The fourth-order valence-electron chi connectivity index (χ4n) is 3.42. The molecule has 0 aromatic heterocycles. The largest absolute Gasteiger partial charge is 0.494 e. The Morgan fingerprint density at radius 2 is 1.53 bits per heavy atom. The summed E-state index contributed by atoms with van der Waals surface area (Å²) in [5.41, 5.74) is 2.71. The van der Waals surface area contributed by atoms with Crippen LogP contribution in [0.25, 0.3) is 0 Å². The van der Waals surface area contributed by atoms with Crippen LogP contribution in [0.4, 0.5) is 0 Å². The van der Waals surface area contributed by atoms with Crippen LogP contribution >= 0.6 is 63.7 Å². The predicted octanol–water partition coefficient (Wildman–Crippen LogP) is 5.37. The Morgan fingerprint density at radius 1 is 0.971 bits per heavy atom. The average molecular weight is 727 g/mol. The topological polar surface area (TPSA) is 70.7 Å². The van der Waals surface area contributed by atoms with Gasteiger partial charge in [0.2, 0.25) is 5.91 Å². The molecular weight excluding hydrogens is 698 g/mol. The van der Waals surface area contributed by atoms with Gasteiger partial charge in [0.15, 0.2) is 5.78 Å². The van der Waals surface area contributed by atoms with Gasteiger partial charge in [0.25, 0.3) is 0 Å². The molecule has 2 N–H and O–H groups in total. The minimum absolute atomic E-state index is 0.0396. The second-order valence-electron chi connectivity index (χ2n) is 8.09. The second-order valence-corrected chi connectivity index (χ2v) is 11.5. The van der Waals surface area contributed by atoms with Crippen molar-refractivity contribution in [1.29, 1.82) is 0 Å². The van der Waals surface area contributed by atoms with E-state index < -0.39 is 6.04 Å². The Hall–Kier alpha value is -0.780. The standard InChI is InChI=1S/C24H29Br4N3O3/c1-29-20(13-15-11-18(27)23(34-4)19(28)12-15)24(33)30-7-5-21(32)22-16(25)9-14(10-17(22)26)6-8-31(2)3/h9-12,20,29H,5-8,13H2,1-4H3,(H,30,33)/t20-/m0/s1. The van der Waals surface area contributed by atoms with Gasteiger partial charge in [-0.05, 0) is 133 Å². The Kier molecular flexibility index (Phi) is 12.2. The highest BCUT2D eigenvalue weighted by Gasteiger charge is 2.20. The van der Waals surface area contributed by atoms with Crippen LogP contribution in [0.15, 0.2) is 42.2 Å². The van der Waals surface area contributed by atoms with Gasteiger partial charge in [-0.15, -0.1) is 0 Å². The van der Waals surface area contributed by atoms with Crippen molar-refractivity contribution < 1.29 is 14.3 Å². The number of hydrogen-bond donors (Lipinski definition) is 2. The maximum Gasteiger partial charge on any atom is 0.237 e. The number of carbonyl (C=O) groups is 2. The van der Waals surface area contributed by atoms with Crippen LogP contribution in [0.5, 0.6) is 5.75 Å². The molecule has 0 saturated carbocycles. The number of benzene rings is 2. The molecule has 34 heavy (non-hydrogen) atoms. The molecule has 0 aliphatic rings. The molecule has 0 radical (unpaired) electrons. The first-order valence-corrected chi connectivity index (χ1v) is 13.9. The molecule has 0 spiro atoms. The molecule has 10 heteroatoms. The van der Waals surface area contributed by atoms with Crippen molar-refractivity contribution in [2.24, 2.45) is 0 Å². The van der Waals surface area contributed by atoms with Crippen molar-refractivity contribution >= 4 is 75.4 Å². The van der Waals surface area contributed by atoms with Crippen LogP contribution in [0.1, 0.15) is 27.9 Å². The Balaban J connectivity index is 1.96. The van der Waals surface area contributed by atoms with Crippen LogP contribution in [-0.2, 0) is 17.6 Å². The quantitative estimate of drug-likeness (QED) is 0.288. The van der Waals surface area contributed by atoms with E-state index in [1.807, 2.05) is 38.4 Å². The summed E-state index contributed by atoms with van der Waals surface area (Å²) in [5, 5.41) is 5.94. The lowest BCUT2D eigenvalue weighted by Gasteiger charge is -2.17. The molecule has 0 aliphatic heterocycles. The number of methoxy groups -OCH3 is 1. The maximum absolute atomic E-state index is 12.9. The summed E-state index contributed by atoms with van der Waals surface area (Å²) in [4.78, 5) is 27.7. The van der Waals surface area contributed by atoms with E-state index in [4.69, 9.17) is 4.74 Å². The lowest BCUT2D eigenvalue weighted by Crippen LogP contribution is -2.44. The summed E-state index contributed by atoms with van der Waals surface area (Å²) >= 11 is 14.1. The molecule has 186 valence electrons. The van der Waals surface area contributed by atoms with Gasteiger partial charge in [0.1, 0.15) is 5.75 Å². The van der Waals surface area contributed by atoms with Crippen molar-refractivity contribution in [3.63, 3.8) is 0 Å². The third kappa shape index (κ3) is 8.41. The fraction of sp³-hybridized carbons (Fsp3) is 0.417. The smallest absolute Gasteiger partial charge is 0.237 e. The molecule has 1 atom stereocenters. The summed E-state index contributed by atoms with van der Waals surface area (Å²) in [6, 6.07) is 7.41. The highest BCUT2D eigenvalue weighted by molar-refractivity contribution is 9.11. The summed E-state index contributed by atoms with van der Waals surface area (Å²) in [6.07, 6.45) is 1.58. The molecule has 2 aromatic carbocycles. The van der Waals surface area contributed by atoms with Gasteiger partial charge in [-0.2, -0.15) is 0 Å². The third-order valence-corrected chi connectivity index (χ3v) is 7.68. The number of Topliss-reactive ketones (excluding diaryl/α,β-unsaturated/α-hetero) is 1. The zero-order chi connectivity index (χ0) is 25.4. The molecule has 0 bridgehead atoms. The van der Waals surface area contributed by atoms with Gasteiger partial charge in [0.05, 0.1) is 22.1 Å². The van der Waals surface area contributed by atoms with Gasteiger partial charge in [-0.25, -0.2) is 0 Å². The monoisotopic (exact) mass is 723 g/mol.